The normalized spacial score (nSPS) is 15.1. The maximum Gasteiger partial charge on any atom is 0.265 e. The van der Waals surface area contributed by atoms with Crippen LogP contribution < -0.4 is 15.5 Å². The highest BCUT2D eigenvalue weighted by Crippen LogP contribution is 2.36. The second-order valence-corrected chi connectivity index (χ2v) is 11.5. The maximum absolute atomic E-state index is 13.5. The number of benzene rings is 3. The number of carbonyl (C=O) groups is 1. The van der Waals surface area contributed by atoms with Crippen LogP contribution in [0.3, 0.4) is 0 Å². The number of amides is 1. The fourth-order valence-corrected chi connectivity index (χ4v) is 6.02. The lowest BCUT2D eigenvalue weighted by atomic mass is 10.1. The Kier molecular flexibility index (Phi) is 8.22. The van der Waals surface area contributed by atoms with Gasteiger partial charge < -0.3 is 19.2 Å². The third-order valence-electron chi connectivity index (χ3n) is 6.53. The van der Waals surface area contributed by atoms with Crippen LogP contribution in [0.2, 0.25) is 5.02 Å². The molecule has 1 aromatic heterocycles. The first-order valence-electron chi connectivity index (χ1n) is 12.8. The SMILES string of the molecule is CCC(Oc1c(-c2ccccc2Cl)oc2ccccc2c1=O)C(=O)Nc1ccc(S(=O)(=O)N2CCOCC2)cc1. The quantitative estimate of drug-likeness (QED) is 0.313. The highest BCUT2D eigenvalue weighted by atomic mass is 35.5. The van der Waals surface area contributed by atoms with Crippen molar-refractivity contribution in [3.05, 3.63) is 88.0 Å². The van der Waals surface area contributed by atoms with Crippen LogP contribution in [0.15, 0.2) is 86.9 Å². The van der Waals surface area contributed by atoms with Gasteiger partial charge in [0.1, 0.15) is 5.58 Å². The van der Waals surface area contributed by atoms with Gasteiger partial charge in [0.2, 0.25) is 21.2 Å². The number of ether oxygens (including phenoxy) is 2. The summed E-state index contributed by atoms with van der Waals surface area (Å²) in [5.41, 5.74) is 0.763. The predicted molar refractivity (Wildman–Crippen MR) is 152 cm³/mol. The van der Waals surface area contributed by atoms with Crippen LogP contribution >= 0.6 is 11.6 Å². The summed E-state index contributed by atoms with van der Waals surface area (Å²) >= 11 is 6.42. The Morgan fingerprint density at radius 3 is 2.40 bits per heavy atom. The zero-order valence-electron chi connectivity index (χ0n) is 21.6. The van der Waals surface area contributed by atoms with Gasteiger partial charge in [0.05, 0.1) is 28.5 Å². The second-order valence-electron chi connectivity index (χ2n) is 9.11. The molecule has 1 aliphatic heterocycles. The monoisotopic (exact) mass is 582 g/mol. The Hall–Kier alpha value is -3.70. The Morgan fingerprint density at radius 1 is 1.02 bits per heavy atom. The van der Waals surface area contributed by atoms with Crippen LogP contribution in [0.1, 0.15) is 13.3 Å². The third kappa shape index (κ3) is 5.62. The molecule has 0 aliphatic carbocycles. The first-order valence-corrected chi connectivity index (χ1v) is 14.6. The maximum atomic E-state index is 13.5. The molecular weight excluding hydrogens is 556 g/mol. The summed E-state index contributed by atoms with van der Waals surface area (Å²) in [6, 6.07) is 19.6. The van der Waals surface area contributed by atoms with E-state index in [-0.39, 0.29) is 35.9 Å². The highest BCUT2D eigenvalue weighted by Gasteiger charge is 2.28. The van der Waals surface area contributed by atoms with E-state index in [1.54, 1.807) is 55.5 Å². The average molecular weight is 583 g/mol. The Bertz CT molecular complexity index is 1700. The molecule has 4 aromatic rings. The van der Waals surface area contributed by atoms with Gasteiger partial charge in [0.15, 0.2) is 11.9 Å². The van der Waals surface area contributed by atoms with E-state index in [1.165, 1.54) is 28.6 Å². The number of nitrogens with zero attached hydrogens (tertiary/aromatic N) is 1. The van der Waals surface area contributed by atoms with E-state index in [0.717, 1.165) is 0 Å². The lowest BCUT2D eigenvalue weighted by Crippen LogP contribution is -2.40. The Morgan fingerprint density at radius 2 is 1.70 bits per heavy atom. The van der Waals surface area contributed by atoms with Crippen molar-refractivity contribution in [2.24, 2.45) is 0 Å². The molecule has 0 bridgehead atoms. The van der Waals surface area contributed by atoms with Gasteiger partial charge in [0.25, 0.3) is 5.91 Å². The molecule has 11 heteroatoms. The molecule has 1 atom stereocenters. The molecule has 5 rings (SSSR count). The second kappa shape index (κ2) is 11.8. The predicted octanol–water partition coefficient (Wildman–Crippen LogP) is 4.93. The minimum atomic E-state index is -3.67. The van der Waals surface area contributed by atoms with Crippen LogP contribution in [-0.4, -0.2) is 51.0 Å². The van der Waals surface area contributed by atoms with Crippen molar-refractivity contribution in [1.29, 1.82) is 0 Å². The van der Waals surface area contributed by atoms with Gasteiger partial charge in [-0.15, -0.1) is 0 Å². The number of carbonyl (C=O) groups excluding carboxylic acids is 1. The van der Waals surface area contributed by atoms with E-state index < -0.39 is 27.5 Å². The number of nitrogens with one attached hydrogen (secondary N) is 1. The Labute approximate surface area is 236 Å². The number of hydrogen-bond donors (Lipinski definition) is 1. The molecule has 3 aromatic carbocycles. The van der Waals surface area contributed by atoms with Crippen molar-refractivity contribution >= 4 is 44.2 Å². The number of rotatable bonds is 8. The fraction of sp³-hybridized carbons (Fsp3) is 0.241. The molecule has 1 aliphatic rings. The fourth-order valence-electron chi connectivity index (χ4n) is 4.39. The molecule has 0 spiro atoms. The van der Waals surface area contributed by atoms with Crippen molar-refractivity contribution < 1.29 is 27.1 Å². The van der Waals surface area contributed by atoms with Gasteiger partial charge in [-0.2, -0.15) is 4.31 Å². The van der Waals surface area contributed by atoms with Crippen molar-refractivity contribution in [2.75, 3.05) is 31.6 Å². The van der Waals surface area contributed by atoms with Crippen LogP contribution in [0.25, 0.3) is 22.3 Å². The molecule has 1 unspecified atom stereocenters. The van der Waals surface area contributed by atoms with Gasteiger partial charge in [-0.05, 0) is 55.0 Å². The van der Waals surface area contributed by atoms with Crippen LogP contribution in [0.4, 0.5) is 5.69 Å². The van der Waals surface area contributed by atoms with Crippen molar-refractivity contribution in [1.82, 2.24) is 4.31 Å². The van der Waals surface area contributed by atoms with Crippen molar-refractivity contribution in [2.45, 2.75) is 24.3 Å². The molecule has 2 heterocycles. The summed E-state index contributed by atoms with van der Waals surface area (Å²) in [5, 5.41) is 3.41. The molecule has 9 nitrogen and oxygen atoms in total. The van der Waals surface area contributed by atoms with Crippen LogP contribution in [0, 0.1) is 0 Å². The topological polar surface area (TPSA) is 115 Å². The van der Waals surface area contributed by atoms with E-state index >= 15 is 0 Å². The number of halogens is 1. The molecule has 1 saturated heterocycles. The summed E-state index contributed by atoms with van der Waals surface area (Å²) in [6.07, 6.45) is -0.814. The van der Waals surface area contributed by atoms with Gasteiger partial charge >= 0.3 is 0 Å². The van der Waals surface area contributed by atoms with Crippen molar-refractivity contribution in [3.63, 3.8) is 0 Å². The largest absolute Gasteiger partial charge is 0.473 e. The minimum Gasteiger partial charge on any atom is -0.473 e. The van der Waals surface area contributed by atoms with E-state index in [2.05, 4.69) is 5.32 Å². The van der Waals surface area contributed by atoms with Gasteiger partial charge in [-0.3, -0.25) is 9.59 Å². The van der Waals surface area contributed by atoms with Crippen LogP contribution in [0.5, 0.6) is 5.75 Å². The third-order valence-corrected chi connectivity index (χ3v) is 8.77. The number of morpholine rings is 1. The number of hydrogen-bond acceptors (Lipinski definition) is 7. The lowest BCUT2D eigenvalue weighted by molar-refractivity contribution is -0.122. The van der Waals surface area contributed by atoms with Gasteiger partial charge in [-0.25, -0.2) is 8.42 Å². The molecule has 1 fully saturated rings. The van der Waals surface area contributed by atoms with Gasteiger partial charge in [-0.1, -0.05) is 42.8 Å². The Balaban J connectivity index is 1.41. The summed E-state index contributed by atoms with van der Waals surface area (Å²) in [6.45, 7) is 3.02. The molecule has 1 amide bonds. The summed E-state index contributed by atoms with van der Waals surface area (Å²) in [5.74, 6) is -0.511. The van der Waals surface area contributed by atoms with E-state index in [9.17, 15) is 18.0 Å². The van der Waals surface area contributed by atoms with Crippen LogP contribution in [-0.2, 0) is 19.6 Å². The number of sulfonamides is 1. The number of fused-ring (bicyclic) bond motifs is 1. The summed E-state index contributed by atoms with van der Waals surface area (Å²) < 4.78 is 44.5. The minimum absolute atomic E-state index is 0.119. The van der Waals surface area contributed by atoms with E-state index in [1.807, 2.05) is 0 Å². The van der Waals surface area contributed by atoms with Gasteiger partial charge in [0, 0.05) is 24.3 Å². The molecule has 1 N–H and O–H groups in total. The number of anilines is 1. The van der Waals surface area contributed by atoms with Crippen molar-refractivity contribution in [3.8, 4) is 17.1 Å². The average Bonchev–Trinajstić information content (AvgIpc) is 2.97. The molecule has 40 heavy (non-hydrogen) atoms. The first-order chi connectivity index (χ1) is 19.3. The smallest absolute Gasteiger partial charge is 0.265 e. The molecule has 0 radical (unpaired) electrons. The summed E-state index contributed by atoms with van der Waals surface area (Å²) in [4.78, 5) is 26.9. The van der Waals surface area contributed by atoms with E-state index in [4.69, 9.17) is 25.5 Å². The number of para-hydroxylation sites is 1. The zero-order valence-corrected chi connectivity index (χ0v) is 23.2. The standard InChI is InChI=1S/C29H27ClN2O7S/c1-2-24(29(34)31-19-11-13-20(14-12-19)40(35,36)32-15-17-37-18-16-32)38-28-26(33)22-8-4-6-10-25(22)39-27(28)21-7-3-5-9-23(21)30/h3-14,24H,2,15-18H2,1H3,(H,31,34). The highest BCUT2D eigenvalue weighted by molar-refractivity contribution is 7.89. The summed E-state index contributed by atoms with van der Waals surface area (Å²) in [7, 11) is -3.67. The van der Waals surface area contributed by atoms with E-state index in [0.29, 0.717) is 40.5 Å². The lowest BCUT2D eigenvalue weighted by Gasteiger charge is -2.26. The molecular formula is C29H27ClN2O7S. The molecule has 0 saturated carbocycles. The first kappa shape index (κ1) is 27.9. The molecule has 208 valence electrons. The zero-order chi connectivity index (χ0) is 28.3.